The van der Waals surface area contributed by atoms with Gasteiger partial charge in [-0.05, 0) is 12.1 Å². The monoisotopic (exact) mass is 338 g/mol. The summed E-state index contributed by atoms with van der Waals surface area (Å²) in [5.74, 6) is -2.36. The lowest BCUT2D eigenvalue weighted by atomic mass is 10.3. The lowest BCUT2D eigenvalue weighted by molar-refractivity contribution is 0.521. The molecule has 0 unspecified atom stereocenters. The predicted octanol–water partition coefficient (Wildman–Crippen LogP) is 1.14. The molecule has 0 amide bonds. The number of sulfonamides is 1. The van der Waals surface area contributed by atoms with E-state index in [0.717, 1.165) is 24.5 Å². The van der Waals surface area contributed by atoms with E-state index < -0.39 is 26.6 Å². The van der Waals surface area contributed by atoms with Gasteiger partial charge in [0.05, 0.1) is 0 Å². The Morgan fingerprint density at radius 2 is 1.83 bits per heavy atom. The van der Waals surface area contributed by atoms with Gasteiger partial charge in [-0.15, -0.1) is 0 Å². The standard InChI is InChI=1S/C12H8F2N6O2S/c13-8-2-1-3-9(14)12(8)23(21,22)19-10-4-11(17-6-16-10)20-7-15-5-18-20/h1-7H,(H,16,17,19). The van der Waals surface area contributed by atoms with Crippen molar-refractivity contribution in [3.63, 3.8) is 0 Å². The highest BCUT2D eigenvalue weighted by atomic mass is 32.2. The molecular weight excluding hydrogens is 330 g/mol. The fourth-order valence-electron chi connectivity index (χ4n) is 1.78. The number of hydrogen-bond donors (Lipinski definition) is 1. The summed E-state index contributed by atoms with van der Waals surface area (Å²) in [6, 6.07) is 4.00. The molecule has 0 fully saturated rings. The van der Waals surface area contributed by atoms with Gasteiger partial charge in [0.1, 0.15) is 36.4 Å². The maximum Gasteiger partial charge on any atom is 0.268 e. The van der Waals surface area contributed by atoms with E-state index >= 15 is 0 Å². The molecule has 2 heterocycles. The third-order valence-corrected chi connectivity index (χ3v) is 4.14. The molecule has 23 heavy (non-hydrogen) atoms. The second-order valence-corrected chi connectivity index (χ2v) is 5.88. The van der Waals surface area contributed by atoms with Crippen LogP contribution in [0.5, 0.6) is 0 Å². The second kappa shape index (κ2) is 5.68. The highest BCUT2D eigenvalue weighted by Gasteiger charge is 2.24. The van der Waals surface area contributed by atoms with Gasteiger partial charge in [-0.25, -0.2) is 36.8 Å². The van der Waals surface area contributed by atoms with Crippen molar-refractivity contribution >= 4 is 15.8 Å². The van der Waals surface area contributed by atoms with E-state index in [-0.39, 0.29) is 11.6 Å². The first-order chi connectivity index (χ1) is 11.0. The topological polar surface area (TPSA) is 103 Å². The minimum Gasteiger partial charge on any atom is -0.263 e. The number of nitrogens with zero attached hydrogens (tertiary/aromatic N) is 5. The van der Waals surface area contributed by atoms with Crippen LogP contribution >= 0.6 is 0 Å². The molecule has 0 aliphatic carbocycles. The van der Waals surface area contributed by atoms with Gasteiger partial charge in [0, 0.05) is 6.07 Å². The van der Waals surface area contributed by atoms with Gasteiger partial charge in [-0.1, -0.05) is 6.07 Å². The zero-order chi connectivity index (χ0) is 16.4. The Hall–Kier alpha value is -2.95. The third-order valence-electron chi connectivity index (χ3n) is 2.73. The van der Waals surface area contributed by atoms with Gasteiger partial charge >= 0.3 is 0 Å². The molecule has 3 aromatic rings. The number of anilines is 1. The number of nitrogens with one attached hydrogen (secondary N) is 1. The average molecular weight is 338 g/mol. The van der Waals surface area contributed by atoms with Gasteiger partial charge < -0.3 is 0 Å². The Labute approximate surface area is 128 Å². The van der Waals surface area contributed by atoms with E-state index in [1.807, 2.05) is 4.72 Å². The van der Waals surface area contributed by atoms with Crippen LogP contribution in [0.25, 0.3) is 5.82 Å². The Bertz CT molecular complexity index is 926. The molecule has 1 aromatic carbocycles. The summed E-state index contributed by atoms with van der Waals surface area (Å²) in [5, 5.41) is 3.83. The zero-order valence-corrected chi connectivity index (χ0v) is 12.1. The fourth-order valence-corrected chi connectivity index (χ4v) is 2.92. The van der Waals surface area contributed by atoms with Crippen LogP contribution < -0.4 is 4.72 Å². The molecule has 0 radical (unpaired) electrons. The molecule has 3 rings (SSSR count). The molecule has 2 aromatic heterocycles. The smallest absolute Gasteiger partial charge is 0.263 e. The molecule has 0 saturated carbocycles. The van der Waals surface area contributed by atoms with Gasteiger partial charge in [-0.3, -0.25) is 4.72 Å². The molecule has 0 spiro atoms. The van der Waals surface area contributed by atoms with Crippen molar-refractivity contribution in [1.29, 1.82) is 0 Å². The zero-order valence-electron chi connectivity index (χ0n) is 11.3. The van der Waals surface area contributed by atoms with E-state index in [4.69, 9.17) is 0 Å². The van der Waals surface area contributed by atoms with Crippen LogP contribution in [0.2, 0.25) is 0 Å². The van der Waals surface area contributed by atoms with E-state index in [1.54, 1.807) is 0 Å². The first-order valence-corrected chi connectivity index (χ1v) is 7.59. The summed E-state index contributed by atoms with van der Waals surface area (Å²) in [6.07, 6.45) is 3.68. The van der Waals surface area contributed by atoms with Crippen molar-refractivity contribution in [2.45, 2.75) is 4.90 Å². The molecule has 0 atom stereocenters. The molecule has 8 nitrogen and oxygen atoms in total. The number of benzene rings is 1. The average Bonchev–Trinajstić information content (AvgIpc) is 3.00. The number of rotatable bonds is 4. The summed E-state index contributed by atoms with van der Waals surface area (Å²) in [5.41, 5.74) is 0. The summed E-state index contributed by atoms with van der Waals surface area (Å²) in [4.78, 5) is 10.2. The van der Waals surface area contributed by atoms with Crippen LogP contribution in [0.15, 0.2) is 48.1 Å². The third kappa shape index (κ3) is 2.99. The quantitative estimate of drug-likeness (QED) is 0.765. The van der Waals surface area contributed by atoms with Crippen molar-refractivity contribution in [2.75, 3.05) is 4.72 Å². The van der Waals surface area contributed by atoms with Gasteiger partial charge in [0.2, 0.25) is 0 Å². The molecule has 0 aliphatic rings. The summed E-state index contributed by atoms with van der Waals surface area (Å²) in [6.45, 7) is 0. The fraction of sp³-hybridized carbons (Fsp3) is 0. The minimum atomic E-state index is -4.50. The first-order valence-electron chi connectivity index (χ1n) is 6.11. The first kappa shape index (κ1) is 15.0. The van der Waals surface area contributed by atoms with Crippen LogP contribution in [0.3, 0.4) is 0 Å². The van der Waals surface area contributed by atoms with E-state index in [1.165, 1.54) is 23.4 Å². The Morgan fingerprint density at radius 1 is 1.09 bits per heavy atom. The Morgan fingerprint density at radius 3 is 2.48 bits per heavy atom. The maximum atomic E-state index is 13.6. The largest absolute Gasteiger partial charge is 0.268 e. The summed E-state index contributed by atoms with van der Waals surface area (Å²) < 4.78 is 54.8. The molecular formula is C12H8F2N6O2S. The van der Waals surface area contributed by atoms with Crippen LogP contribution in [-0.2, 0) is 10.0 Å². The highest BCUT2D eigenvalue weighted by Crippen LogP contribution is 2.21. The van der Waals surface area contributed by atoms with E-state index in [2.05, 4.69) is 20.1 Å². The normalized spacial score (nSPS) is 11.4. The van der Waals surface area contributed by atoms with Crippen molar-refractivity contribution in [3.8, 4) is 5.82 Å². The van der Waals surface area contributed by atoms with Gasteiger partial charge in [-0.2, -0.15) is 5.10 Å². The lowest BCUT2D eigenvalue weighted by Gasteiger charge is -2.09. The molecule has 1 N–H and O–H groups in total. The maximum absolute atomic E-state index is 13.6. The second-order valence-electron chi connectivity index (χ2n) is 4.26. The van der Waals surface area contributed by atoms with Crippen molar-refractivity contribution in [2.24, 2.45) is 0 Å². The van der Waals surface area contributed by atoms with Crippen LogP contribution in [0.4, 0.5) is 14.6 Å². The number of hydrogen-bond acceptors (Lipinski definition) is 6. The van der Waals surface area contributed by atoms with Crippen molar-refractivity contribution in [1.82, 2.24) is 24.7 Å². The van der Waals surface area contributed by atoms with Crippen LogP contribution in [-0.4, -0.2) is 33.2 Å². The molecule has 0 aliphatic heterocycles. The number of halogens is 2. The van der Waals surface area contributed by atoms with Gasteiger partial charge in [0.15, 0.2) is 10.7 Å². The SMILES string of the molecule is O=S(=O)(Nc1cc(-n2cncn2)ncn1)c1c(F)cccc1F. The van der Waals surface area contributed by atoms with Crippen LogP contribution in [0, 0.1) is 11.6 Å². The molecule has 118 valence electrons. The summed E-state index contributed by atoms with van der Waals surface area (Å²) in [7, 11) is -4.50. The summed E-state index contributed by atoms with van der Waals surface area (Å²) >= 11 is 0. The van der Waals surface area contributed by atoms with Crippen molar-refractivity contribution < 1.29 is 17.2 Å². The van der Waals surface area contributed by atoms with E-state index in [9.17, 15) is 17.2 Å². The van der Waals surface area contributed by atoms with Crippen molar-refractivity contribution in [3.05, 3.63) is 54.9 Å². The molecule has 0 saturated heterocycles. The van der Waals surface area contributed by atoms with Gasteiger partial charge in [0.25, 0.3) is 10.0 Å². The molecule has 11 heteroatoms. The lowest BCUT2D eigenvalue weighted by Crippen LogP contribution is -2.17. The Balaban J connectivity index is 1.97. The predicted molar refractivity (Wildman–Crippen MR) is 74.1 cm³/mol. The van der Waals surface area contributed by atoms with Crippen LogP contribution in [0.1, 0.15) is 0 Å². The Kier molecular flexibility index (Phi) is 3.70. The highest BCUT2D eigenvalue weighted by molar-refractivity contribution is 7.92. The minimum absolute atomic E-state index is 0.173. The van der Waals surface area contributed by atoms with E-state index in [0.29, 0.717) is 0 Å². The molecule has 0 bridgehead atoms. The number of aromatic nitrogens is 5.